The molecule has 0 N–H and O–H groups in total. The Hall–Kier alpha value is -1.34. The first-order valence-corrected chi connectivity index (χ1v) is 8.74. The van der Waals surface area contributed by atoms with E-state index >= 15 is 0 Å². The fourth-order valence-corrected chi connectivity index (χ4v) is 3.66. The Morgan fingerprint density at radius 1 is 1.23 bits per heavy atom. The van der Waals surface area contributed by atoms with Crippen LogP contribution in [0, 0.1) is 0 Å². The van der Waals surface area contributed by atoms with Crippen molar-refractivity contribution in [1.82, 2.24) is 9.63 Å². The summed E-state index contributed by atoms with van der Waals surface area (Å²) in [5, 5.41) is 2.13. The van der Waals surface area contributed by atoms with Crippen molar-refractivity contribution in [2.75, 3.05) is 7.11 Å². The minimum atomic E-state index is -2.77. The summed E-state index contributed by atoms with van der Waals surface area (Å²) in [5.41, 5.74) is 0.112. The van der Waals surface area contributed by atoms with Crippen LogP contribution >= 0.6 is 34.8 Å². The number of hydrogen-bond acceptors (Lipinski definition) is 2. The molecule has 0 saturated heterocycles. The van der Waals surface area contributed by atoms with E-state index in [4.69, 9.17) is 39.6 Å². The van der Waals surface area contributed by atoms with Crippen molar-refractivity contribution in [3.8, 4) is 0 Å². The topological polar surface area (TPSA) is 34.5 Å². The van der Waals surface area contributed by atoms with E-state index in [9.17, 15) is 13.6 Å². The van der Waals surface area contributed by atoms with Crippen LogP contribution in [0.25, 0.3) is 0 Å². The highest BCUT2D eigenvalue weighted by Gasteiger charge is 2.28. The number of nitrogens with zero attached hydrogens (tertiary/aromatic N) is 2. The molecule has 1 aromatic heterocycles. The molecule has 0 aliphatic rings. The molecule has 0 aliphatic heterocycles. The van der Waals surface area contributed by atoms with Gasteiger partial charge in [-0.15, -0.1) is 0 Å². The summed E-state index contributed by atoms with van der Waals surface area (Å²) in [7, 11) is 2.86. The fraction of sp³-hybridized carbons (Fsp3) is 0.353. The Morgan fingerprint density at radius 3 is 2.31 bits per heavy atom. The van der Waals surface area contributed by atoms with Gasteiger partial charge in [-0.3, -0.25) is 9.63 Å². The average molecular weight is 426 g/mol. The molecule has 1 heterocycles. The number of amides is 1. The quantitative estimate of drug-likeness (QED) is 0.568. The summed E-state index contributed by atoms with van der Waals surface area (Å²) < 4.78 is 27.8. The van der Waals surface area contributed by atoms with Gasteiger partial charge in [0.15, 0.2) is 0 Å². The van der Waals surface area contributed by atoms with Crippen molar-refractivity contribution in [2.24, 2.45) is 7.05 Å². The predicted octanol–water partition coefficient (Wildman–Crippen LogP) is 5.56. The molecule has 0 spiro atoms. The molecule has 2 aromatic rings. The lowest BCUT2D eigenvalue weighted by Crippen LogP contribution is -2.39. The Bertz CT molecular complexity index is 788. The first-order valence-electron chi connectivity index (χ1n) is 7.60. The molecule has 1 atom stereocenters. The molecule has 0 radical (unpaired) electrons. The first kappa shape index (κ1) is 21.0. The summed E-state index contributed by atoms with van der Waals surface area (Å²) >= 11 is 18.3. The van der Waals surface area contributed by atoms with Crippen molar-refractivity contribution in [1.29, 1.82) is 0 Å². The number of carbonyl (C=O) groups excluding carboxylic acids is 1. The summed E-state index contributed by atoms with van der Waals surface area (Å²) in [5.74, 6) is -0.669. The van der Waals surface area contributed by atoms with Crippen LogP contribution in [0.2, 0.25) is 15.1 Å². The second-order valence-electron chi connectivity index (χ2n) is 5.81. The Balaban J connectivity index is 2.29. The van der Waals surface area contributed by atoms with Crippen molar-refractivity contribution < 1.29 is 18.4 Å². The number of alkyl halides is 2. The highest BCUT2D eigenvalue weighted by atomic mass is 35.5. The first-order chi connectivity index (χ1) is 12.1. The minimum Gasteiger partial charge on any atom is -0.356 e. The number of hydrogen-bond donors (Lipinski definition) is 0. The van der Waals surface area contributed by atoms with Gasteiger partial charge in [-0.1, -0.05) is 34.8 Å². The number of carbonyl (C=O) groups is 1. The van der Waals surface area contributed by atoms with Gasteiger partial charge >= 0.3 is 0 Å². The second-order valence-corrected chi connectivity index (χ2v) is 7.06. The third kappa shape index (κ3) is 4.49. The SMILES string of the molecule is CON(C(=O)c1cn(C)cc1C(F)F)[C@H](C)Cc1c(Cl)cc(Cl)cc1Cl. The number of hydroxylamine groups is 2. The van der Waals surface area contributed by atoms with E-state index in [0.717, 1.165) is 5.06 Å². The van der Waals surface area contributed by atoms with Crippen LogP contribution < -0.4 is 0 Å². The van der Waals surface area contributed by atoms with Crippen LogP contribution in [0.15, 0.2) is 24.5 Å². The van der Waals surface area contributed by atoms with Crippen molar-refractivity contribution in [3.05, 3.63) is 56.3 Å². The highest BCUT2D eigenvalue weighted by Crippen LogP contribution is 2.31. The minimum absolute atomic E-state index is 0.121. The van der Waals surface area contributed by atoms with Crippen LogP contribution in [0.5, 0.6) is 0 Å². The molecule has 9 heteroatoms. The molecule has 1 aromatic carbocycles. The van der Waals surface area contributed by atoms with Gasteiger partial charge in [0.2, 0.25) is 0 Å². The summed E-state index contributed by atoms with van der Waals surface area (Å²) in [6, 6.07) is 2.57. The molecule has 0 aliphatic carbocycles. The van der Waals surface area contributed by atoms with Crippen LogP contribution in [0.3, 0.4) is 0 Å². The third-order valence-corrected chi connectivity index (χ3v) is 4.75. The van der Waals surface area contributed by atoms with Gasteiger partial charge in [0.25, 0.3) is 12.3 Å². The zero-order valence-corrected chi connectivity index (χ0v) is 16.5. The normalized spacial score (nSPS) is 12.5. The van der Waals surface area contributed by atoms with E-state index < -0.39 is 18.4 Å². The van der Waals surface area contributed by atoms with Gasteiger partial charge in [0.1, 0.15) is 0 Å². The zero-order valence-electron chi connectivity index (χ0n) is 14.3. The number of benzene rings is 1. The molecular weight excluding hydrogens is 409 g/mol. The molecule has 0 saturated carbocycles. The van der Waals surface area contributed by atoms with E-state index in [1.54, 1.807) is 26.1 Å². The van der Waals surface area contributed by atoms with Crippen molar-refractivity contribution in [3.63, 3.8) is 0 Å². The van der Waals surface area contributed by atoms with E-state index in [-0.39, 0.29) is 17.5 Å². The lowest BCUT2D eigenvalue weighted by molar-refractivity contribution is -0.119. The molecule has 1 amide bonds. The smallest absolute Gasteiger partial charge is 0.279 e. The van der Waals surface area contributed by atoms with Gasteiger partial charge in [-0.25, -0.2) is 13.8 Å². The fourth-order valence-electron chi connectivity index (χ4n) is 2.68. The molecule has 142 valence electrons. The maximum atomic E-state index is 13.2. The van der Waals surface area contributed by atoms with E-state index in [0.29, 0.717) is 20.6 Å². The standard InChI is InChI=1S/C17H17Cl3F2N2O2/c1-9(4-11-14(19)5-10(18)6-15(11)20)24(26-3)17(25)13-8-23(2)7-12(13)16(21)22/h5-9,16H,4H2,1-3H3/t9-/m1/s1. The molecule has 0 bridgehead atoms. The van der Waals surface area contributed by atoms with Crippen molar-refractivity contribution >= 4 is 40.7 Å². The van der Waals surface area contributed by atoms with Gasteiger partial charge in [-0.2, -0.15) is 0 Å². The Kier molecular flexibility index (Phi) is 6.91. The van der Waals surface area contributed by atoms with Gasteiger partial charge in [-0.05, 0) is 31.0 Å². The molecule has 26 heavy (non-hydrogen) atoms. The van der Waals surface area contributed by atoms with Gasteiger partial charge < -0.3 is 4.57 Å². The van der Waals surface area contributed by atoms with E-state index in [2.05, 4.69) is 0 Å². The van der Waals surface area contributed by atoms with Crippen molar-refractivity contribution in [2.45, 2.75) is 25.8 Å². The summed E-state index contributed by atoms with van der Waals surface area (Å²) in [4.78, 5) is 17.9. The summed E-state index contributed by atoms with van der Waals surface area (Å²) in [6.07, 6.45) is 0.0312. The zero-order chi connectivity index (χ0) is 19.6. The lowest BCUT2D eigenvalue weighted by Gasteiger charge is -2.27. The Labute approximate surface area is 165 Å². The predicted molar refractivity (Wildman–Crippen MR) is 98.2 cm³/mol. The van der Waals surface area contributed by atoms with E-state index in [1.165, 1.54) is 24.1 Å². The maximum absolute atomic E-state index is 13.2. The second kappa shape index (κ2) is 8.57. The number of rotatable bonds is 6. The van der Waals surface area contributed by atoms with E-state index in [1.807, 2.05) is 0 Å². The van der Waals surface area contributed by atoms with Gasteiger partial charge in [0.05, 0.1) is 18.7 Å². The third-order valence-electron chi connectivity index (χ3n) is 3.85. The van der Waals surface area contributed by atoms with Crippen LogP contribution in [-0.4, -0.2) is 28.7 Å². The van der Waals surface area contributed by atoms with Crippen LogP contribution in [-0.2, 0) is 18.3 Å². The molecule has 0 unspecified atom stereocenters. The van der Waals surface area contributed by atoms with Crippen LogP contribution in [0.1, 0.15) is 34.8 Å². The summed E-state index contributed by atoms with van der Waals surface area (Å²) in [6.45, 7) is 1.70. The Morgan fingerprint density at radius 2 is 1.81 bits per heavy atom. The average Bonchev–Trinajstić information content (AvgIpc) is 2.93. The largest absolute Gasteiger partial charge is 0.356 e. The molecule has 0 fully saturated rings. The van der Waals surface area contributed by atoms with Crippen LogP contribution in [0.4, 0.5) is 8.78 Å². The maximum Gasteiger partial charge on any atom is 0.279 e. The number of aromatic nitrogens is 1. The number of aryl methyl sites for hydroxylation is 1. The highest BCUT2D eigenvalue weighted by molar-refractivity contribution is 6.39. The molecule has 2 rings (SSSR count). The molecular formula is C17H17Cl3F2N2O2. The monoisotopic (exact) mass is 424 g/mol. The number of halogens is 5. The molecule has 4 nitrogen and oxygen atoms in total. The van der Waals surface area contributed by atoms with Gasteiger partial charge in [0, 0.05) is 40.1 Å². The lowest BCUT2D eigenvalue weighted by atomic mass is 10.1.